The van der Waals surface area contributed by atoms with Gasteiger partial charge in [-0.3, -0.25) is 4.79 Å². The molecule has 2 bridgehead atoms. The fourth-order valence-corrected chi connectivity index (χ4v) is 3.10. The molecule has 2 fully saturated rings. The molecule has 0 spiro atoms. The molecule has 1 saturated carbocycles. The van der Waals surface area contributed by atoms with Crippen LogP contribution in [-0.4, -0.2) is 24.1 Å². The lowest BCUT2D eigenvalue weighted by atomic mass is 9.66. The predicted molar refractivity (Wildman–Crippen MR) is 70.4 cm³/mol. The van der Waals surface area contributed by atoms with Crippen LogP contribution in [-0.2, 0) is 19.1 Å². The van der Waals surface area contributed by atoms with Crippen LogP contribution in [0, 0.1) is 16.2 Å². The Hall–Kier alpha value is -1.06. The largest absolute Gasteiger partial charge is 0.462 e. The van der Waals surface area contributed by atoms with Gasteiger partial charge in [0, 0.05) is 5.41 Å². The molecule has 2 aliphatic rings. The van der Waals surface area contributed by atoms with Crippen LogP contribution in [0.1, 0.15) is 54.4 Å². The molecule has 0 aromatic rings. The van der Waals surface area contributed by atoms with Gasteiger partial charge in [-0.25, -0.2) is 4.79 Å². The van der Waals surface area contributed by atoms with E-state index in [-0.39, 0.29) is 17.4 Å². The molecule has 0 amide bonds. The number of hydrogen-bond donors (Lipinski definition) is 0. The maximum Gasteiger partial charge on any atom is 0.351 e. The van der Waals surface area contributed by atoms with Crippen LogP contribution in [0.3, 0.4) is 0 Å². The van der Waals surface area contributed by atoms with Crippen molar-refractivity contribution in [2.75, 3.05) is 6.61 Å². The Balaban J connectivity index is 2.25. The third-order valence-corrected chi connectivity index (χ3v) is 5.05. The zero-order valence-corrected chi connectivity index (χ0v) is 12.8. The number of hydrogen-bond acceptors (Lipinski definition) is 4. The highest BCUT2D eigenvalue weighted by molar-refractivity contribution is 5.93. The molecule has 0 aromatic carbocycles. The van der Waals surface area contributed by atoms with Crippen LogP contribution in [0.25, 0.3) is 0 Å². The van der Waals surface area contributed by atoms with Gasteiger partial charge in [-0.05, 0) is 25.2 Å². The fraction of sp³-hybridized carbons (Fsp3) is 0.867. The van der Waals surface area contributed by atoms with Crippen LogP contribution in [0.2, 0.25) is 0 Å². The van der Waals surface area contributed by atoms with Crippen LogP contribution >= 0.6 is 0 Å². The molecule has 1 unspecified atom stereocenters. The van der Waals surface area contributed by atoms with E-state index in [9.17, 15) is 9.59 Å². The summed E-state index contributed by atoms with van der Waals surface area (Å²) in [5, 5.41) is 0. The third-order valence-electron chi connectivity index (χ3n) is 5.05. The summed E-state index contributed by atoms with van der Waals surface area (Å²) in [7, 11) is 0. The second-order valence-corrected chi connectivity index (χ2v) is 7.81. The highest BCUT2D eigenvalue weighted by atomic mass is 16.6. The first kappa shape index (κ1) is 14.4. The highest BCUT2D eigenvalue weighted by Gasteiger charge is 2.76. The minimum atomic E-state index is -1.09. The average molecular weight is 268 g/mol. The van der Waals surface area contributed by atoms with Crippen molar-refractivity contribution in [3.8, 4) is 0 Å². The van der Waals surface area contributed by atoms with Gasteiger partial charge in [0.2, 0.25) is 5.60 Å². The lowest BCUT2D eigenvalue weighted by Crippen LogP contribution is -2.49. The quantitative estimate of drug-likeness (QED) is 0.723. The molecule has 4 nitrogen and oxygen atoms in total. The number of ether oxygens (including phenoxy) is 2. The molecule has 1 heterocycles. The summed E-state index contributed by atoms with van der Waals surface area (Å²) >= 11 is 0. The molecular weight excluding hydrogens is 244 g/mol. The van der Waals surface area contributed by atoms with Crippen LogP contribution in [0.15, 0.2) is 0 Å². The van der Waals surface area contributed by atoms with Gasteiger partial charge < -0.3 is 9.47 Å². The Morgan fingerprint density at radius 2 is 1.84 bits per heavy atom. The lowest BCUT2D eigenvalue weighted by molar-refractivity contribution is -0.185. The maximum atomic E-state index is 12.5. The molecule has 0 radical (unpaired) electrons. The van der Waals surface area contributed by atoms with E-state index in [1.807, 2.05) is 41.5 Å². The first-order valence-electron chi connectivity index (χ1n) is 6.87. The van der Waals surface area contributed by atoms with Crippen molar-refractivity contribution in [2.24, 2.45) is 16.2 Å². The topological polar surface area (TPSA) is 52.6 Å². The van der Waals surface area contributed by atoms with Gasteiger partial charge in [-0.1, -0.05) is 34.6 Å². The normalized spacial score (nSPS) is 36.2. The zero-order chi connectivity index (χ0) is 14.7. The van der Waals surface area contributed by atoms with Gasteiger partial charge in [0.25, 0.3) is 0 Å². The van der Waals surface area contributed by atoms with E-state index in [1.54, 1.807) is 0 Å². The minimum Gasteiger partial charge on any atom is -0.462 e. The van der Waals surface area contributed by atoms with E-state index in [2.05, 4.69) is 0 Å². The van der Waals surface area contributed by atoms with E-state index in [4.69, 9.17) is 9.47 Å². The highest BCUT2D eigenvalue weighted by Crippen LogP contribution is 2.65. The standard InChI is InChI=1S/C15H24O4/c1-12(2,3)9-18-11(17)15-8-7-14(6,10(16)19-15)13(15,4)5/h7-9H2,1-6H3/t14?,15-/m1/s1. The summed E-state index contributed by atoms with van der Waals surface area (Å²) in [5.74, 6) is -0.654. The monoisotopic (exact) mass is 268 g/mol. The van der Waals surface area contributed by atoms with E-state index >= 15 is 0 Å². The van der Waals surface area contributed by atoms with Gasteiger partial charge >= 0.3 is 11.9 Å². The zero-order valence-electron chi connectivity index (χ0n) is 12.8. The Morgan fingerprint density at radius 3 is 2.21 bits per heavy atom. The molecule has 0 N–H and O–H groups in total. The van der Waals surface area contributed by atoms with Crippen molar-refractivity contribution < 1.29 is 19.1 Å². The molecule has 108 valence electrons. The van der Waals surface area contributed by atoms with Crippen molar-refractivity contribution in [1.29, 1.82) is 0 Å². The molecule has 1 saturated heterocycles. The SMILES string of the molecule is CC(C)(C)COC(=O)[C@@]12CCC(C)(C(=O)O1)C2(C)C. The van der Waals surface area contributed by atoms with E-state index in [1.165, 1.54) is 0 Å². The summed E-state index contributed by atoms with van der Waals surface area (Å²) < 4.78 is 10.9. The molecule has 1 aliphatic heterocycles. The fourth-order valence-electron chi connectivity index (χ4n) is 3.10. The summed E-state index contributed by atoms with van der Waals surface area (Å²) in [6.07, 6.45) is 1.24. The van der Waals surface area contributed by atoms with Gasteiger partial charge in [0.05, 0.1) is 12.0 Å². The van der Waals surface area contributed by atoms with Crippen molar-refractivity contribution in [2.45, 2.75) is 60.0 Å². The smallest absolute Gasteiger partial charge is 0.351 e. The number of rotatable bonds is 2. The van der Waals surface area contributed by atoms with Gasteiger partial charge in [0.15, 0.2) is 0 Å². The Morgan fingerprint density at radius 1 is 1.26 bits per heavy atom. The van der Waals surface area contributed by atoms with Crippen molar-refractivity contribution in [1.82, 2.24) is 0 Å². The first-order valence-corrected chi connectivity index (χ1v) is 6.87. The Labute approximate surface area is 114 Å². The van der Waals surface area contributed by atoms with Crippen LogP contribution in [0.5, 0.6) is 0 Å². The summed E-state index contributed by atoms with van der Waals surface area (Å²) in [4.78, 5) is 24.5. The van der Waals surface area contributed by atoms with Gasteiger partial charge in [-0.2, -0.15) is 0 Å². The van der Waals surface area contributed by atoms with Crippen molar-refractivity contribution in [3.05, 3.63) is 0 Å². The molecule has 4 heteroatoms. The first-order chi connectivity index (χ1) is 8.46. The number of esters is 2. The van der Waals surface area contributed by atoms with Crippen LogP contribution < -0.4 is 0 Å². The predicted octanol–water partition coefficient (Wildman–Crippen LogP) is 2.70. The molecular formula is C15H24O4. The number of fused-ring (bicyclic) bond motifs is 2. The molecule has 19 heavy (non-hydrogen) atoms. The van der Waals surface area contributed by atoms with Crippen molar-refractivity contribution in [3.63, 3.8) is 0 Å². The van der Waals surface area contributed by atoms with E-state index in [0.717, 1.165) is 0 Å². The third kappa shape index (κ3) is 1.72. The van der Waals surface area contributed by atoms with Gasteiger partial charge in [-0.15, -0.1) is 0 Å². The van der Waals surface area contributed by atoms with E-state index < -0.39 is 16.4 Å². The van der Waals surface area contributed by atoms with Gasteiger partial charge in [0.1, 0.15) is 0 Å². The summed E-state index contributed by atoms with van der Waals surface area (Å²) in [5.41, 5.74) is -2.29. The summed E-state index contributed by atoms with van der Waals surface area (Å²) in [6.45, 7) is 12.1. The summed E-state index contributed by atoms with van der Waals surface area (Å²) in [6, 6.07) is 0. The number of carbonyl (C=O) groups is 2. The molecule has 2 rings (SSSR count). The number of carbonyl (C=O) groups excluding carboxylic acids is 2. The van der Waals surface area contributed by atoms with Crippen molar-refractivity contribution >= 4 is 11.9 Å². The molecule has 1 aliphatic carbocycles. The Kier molecular flexibility index (Phi) is 2.82. The second kappa shape index (κ2) is 3.74. The minimum absolute atomic E-state index is 0.0963. The average Bonchev–Trinajstić information content (AvgIpc) is 2.55. The second-order valence-electron chi connectivity index (χ2n) is 7.81. The Bertz CT molecular complexity index is 432. The molecule has 0 aromatic heterocycles. The molecule has 2 atom stereocenters. The van der Waals surface area contributed by atoms with Crippen LogP contribution in [0.4, 0.5) is 0 Å². The maximum absolute atomic E-state index is 12.5. The lowest BCUT2D eigenvalue weighted by Gasteiger charge is -2.35. The van der Waals surface area contributed by atoms with E-state index in [0.29, 0.717) is 19.4 Å².